The van der Waals surface area contributed by atoms with Gasteiger partial charge in [0.2, 0.25) is 11.8 Å². The Morgan fingerprint density at radius 3 is 2.48 bits per heavy atom. The van der Waals surface area contributed by atoms with Crippen LogP contribution < -0.4 is 10.1 Å². The van der Waals surface area contributed by atoms with Gasteiger partial charge in [0.25, 0.3) is 0 Å². The highest BCUT2D eigenvalue weighted by molar-refractivity contribution is 7.99. The molecule has 27 heavy (non-hydrogen) atoms. The highest BCUT2D eigenvalue weighted by atomic mass is 32.2. The Balaban J connectivity index is 1.84. The van der Waals surface area contributed by atoms with E-state index in [1.54, 1.807) is 0 Å². The molecule has 0 saturated carbocycles. The van der Waals surface area contributed by atoms with E-state index in [2.05, 4.69) is 25.0 Å². The van der Waals surface area contributed by atoms with Crippen molar-refractivity contribution in [3.05, 3.63) is 35.8 Å². The Bertz CT molecular complexity index is 770. The number of anilines is 1. The lowest BCUT2D eigenvalue weighted by Crippen LogP contribution is -2.33. The summed E-state index contributed by atoms with van der Waals surface area (Å²) < 4.78 is 54.2. The van der Waals surface area contributed by atoms with Gasteiger partial charge in [-0.25, -0.2) is 23.7 Å². The number of ether oxygens (including phenoxy) is 1. The SMILES string of the molecule is Cc1cc(C)nc(SCC(=O)Nc2ccc(OCC(F)(F)C(F)F)nc2)n1. The summed E-state index contributed by atoms with van der Waals surface area (Å²) in [6.45, 7) is 2.16. The average Bonchev–Trinajstić information content (AvgIpc) is 2.58. The number of alkyl halides is 4. The predicted octanol–water partition coefficient (Wildman–Crippen LogP) is 3.50. The van der Waals surface area contributed by atoms with Crippen LogP contribution in [0.15, 0.2) is 29.6 Å². The van der Waals surface area contributed by atoms with Gasteiger partial charge in [0.05, 0.1) is 17.6 Å². The van der Waals surface area contributed by atoms with Crippen molar-refractivity contribution >= 4 is 23.4 Å². The van der Waals surface area contributed by atoms with Crippen molar-refractivity contribution in [1.29, 1.82) is 0 Å². The summed E-state index contributed by atoms with van der Waals surface area (Å²) in [7, 11) is 0. The summed E-state index contributed by atoms with van der Waals surface area (Å²) in [5.41, 5.74) is 1.89. The lowest BCUT2D eigenvalue weighted by Gasteiger charge is -2.15. The van der Waals surface area contributed by atoms with Gasteiger partial charge in [0.15, 0.2) is 11.8 Å². The first-order valence-electron chi connectivity index (χ1n) is 7.65. The van der Waals surface area contributed by atoms with E-state index in [9.17, 15) is 22.4 Å². The Hall–Kier alpha value is -2.43. The number of aryl methyl sites for hydroxylation is 2. The molecule has 0 unspecified atom stereocenters. The van der Waals surface area contributed by atoms with Crippen LogP contribution in [-0.4, -0.2) is 45.6 Å². The molecule has 6 nitrogen and oxygen atoms in total. The van der Waals surface area contributed by atoms with Crippen molar-refractivity contribution in [1.82, 2.24) is 15.0 Å². The van der Waals surface area contributed by atoms with Crippen LogP contribution in [0.2, 0.25) is 0 Å². The highest BCUT2D eigenvalue weighted by Gasteiger charge is 2.41. The van der Waals surface area contributed by atoms with E-state index in [1.807, 2.05) is 19.9 Å². The molecule has 2 rings (SSSR count). The van der Waals surface area contributed by atoms with Crippen molar-refractivity contribution in [3.63, 3.8) is 0 Å². The number of pyridine rings is 1. The van der Waals surface area contributed by atoms with Gasteiger partial charge in [-0.05, 0) is 26.0 Å². The second-order valence-corrected chi connectivity index (χ2v) is 6.45. The van der Waals surface area contributed by atoms with E-state index in [0.717, 1.165) is 23.1 Å². The summed E-state index contributed by atoms with van der Waals surface area (Å²) >= 11 is 1.16. The molecule has 0 aromatic carbocycles. The Morgan fingerprint density at radius 2 is 1.93 bits per heavy atom. The molecule has 0 radical (unpaired) electrons. The fourth-order valence-corrected chi connectivity index (χ4v) is 2.61. The van der Waals surface area contributed by atoms with E-state index in [-0.39, 0.29) is 17.5 Å². The van der Waals surface area contributed by atoms with Gasteiger partial charge in [-0.1, -0.05) is 11.8 Å². The zero-order valence-corrected chi connectivity index (χ0v) is 15.2. The molecule has 0 fully saturated rings. The lowest BCUT2D eigenvalue weighted by atomic mass is 10.4. The maximum Gasteiger partial charge on any atom is 0.340 e. The Labute approximate surface area is 156 Å². The van der Waals surface area contributed by atoms with E-state index < -0.39 is 19.0 Å². The van der Waals surface area contributed by atoms with Crippen LogP contribution in [0.3, 0.4) is 0 Å². The molecule has 2 heterocycles. The van der Waals surface area contributed by atoms with Crippen LogP contribution in [0.5, 0.6) is 5.88 Å². The maximum atomic E-state index is 12.8. The number of carbonyl (C=O) groups excluding carboxylic acids is 1. The van der Waals surface area contributed by atoms with E-state index >= 15 is 0 Å². The van der Waals surface area contributed by atoms with Crippen LogP contribution in [0.1, 0.15) is 11.4 Å². The molecule has 1 amide bonds. The van der Waals surface area contributed by atoms with Crippen LogP contribution in [0, 0.1) is 13.8 Å². The fraction of sp³-hybridized carbons (Fsp3) is 0.375. The molecule has 2 aromatic heterocycles. The number of amides is 1. The first kappa shape index (κ1) is 20.9. The topological polar surface area (TPSA) is 77.0 Å². The van der Waals surface area contributed by atoms with Gasteiger partial charge in [0.1, 0.15) is 0 Å². The van der Waals surface area contributed by atoms with Gasteiger partial charge in [-0.15, -0.1) is 0 Å². The van der Waals surface area contributed by atoms with Gasteiger partial charge >= 0.3 is 12.3 Å². The molecule has 0 atom stereocenters. The number of nitrogens with one attached hydrogen (secondary N) is 1. The predicted molar refractivity (Wildman–Crippen MR) is 91.5 cm³/mol. The number of thioether (sulfide) groups is 1. The van der Waals surface area contributed by atoms with Gasteiger partial charge < -0.3 is 10.1 Å². The van der Waals surface area contributed by atoms with Gasteiger partial charge in [-0.2, -0.15) is 8.78 Å². The van der Waals surface area contributed by atoms with Gasteiger partial charge in [-0.3, -0.25) is 4.79 Å². The largest absolute Gasteiger partial charge is 0.471 e. The molecule has 2 aromatic rings. The van der Waals surface area contributed by atoms with Crippen LogP contribution >= 0.6 is 11.8 Å². The fourth-order valence-electron chi connectivity index (χ4n) is 1.86. The molecule has 1 N–H and O–H groups in total. The summed E-state index contributed by atoms with van der Waals surface area (Å²) in [5.74, 6) is -4.81. The second-order valence-electron chi connectivity index (χ2n) is 5.51. The molecule has 11 heteroatoms. The van der Waals surface area contributed by atoms with Crippen LogP contribution in [0.4, 0.5) is 23.2 Å². The molecule has 0 spiro atoms. The summed E-state index contributed by atoms with van der Waals surface area (Å²) in [6, 6.07) is 4.37. The molecule has 0 aliphatic heterocycles. The molecule has 0 bridgehead atoms. The lowest BCUT2D eigenvalue weighted by molar-refractivity contribution is -0.148. The third-order valence-electron chi connectivity index (χ3n) is 3.05. The van der Waals surface area contributed by atoms with E-state index in [1.165, 1.54) is 18.3 Å². The molecule has 146 valence electrons. The quantitative estimate of drug-likeness (QED) is 0.412. The number of carbonyl (C=O) groups is 1. The summed E-state index contributed by atoms with van der Waals surface area (Å²) in [5, 5.41) is 3.03. The monoisotopic (exact) mass is 404 g/mol. The van der Waals surface area contributed by atoms with Crippen molar-refractivity contribution in [2.75, 3.05) is 17.7 Å². The van der Waals surface area contributed by atoms with Crippen molar-refractivity contribution in [3.8, 4) is 5.88 Å². The van der Waals surface area contributed by atoms with Crippen molar-refractivity contribution < 1.29 is 27.1 Å². The van der Waals surface area contributed by atoms with Crippen molar-refractivity contribution in [2.45, 2.75) is 31.4 Å². The van der Waals surface area contributed by atoms with E-state index in [0.29, 0.717) is 10.8 Å². The summed E-state index contributed by atoms with van der Waals surface area (Å²) in [4.78, 5) is 24.0. The molecular formula is C16H16F4N4O2S. The van der Waals surface area contributed by atoms with Crippen molar-refractivity contribution in [2.24, 2.45) is 0 Å². The number of hydrogen-bond donors (Lipinski definition) is 1. The molecule has 0 saturated heterocycles. The number of hydrogen-bond acceptors (Lipinski definition) is 6. The minimum atomic E-state index is -4.26. The number of nitrogens with zero attached hydrogens (tertiary/aromatic N) is 3. The minimum absolute atomic E-state index is 0.0573. The smallest absolute Gasteiger partial charge is 0.340 e. The van der Waals surface area contributed by atoms with E-state index in [4.69, 9.17) is 0 Å². The average molecular weight is 404 g/mol. The number of halogens is 4. The first-order valence-corrected chi connectivity index (χ1v) is 8.64. The third-order valence-corrected chi connectivity index (χ3v) is 3.89. The number of aromatic nitrogens is 3. The standard InChI is InChI=1S/C16H16F4N4O2S/c1-9-5-10(2)23-15(22-9)27-7-12(25)24-11-3-4-13(21-6-11)26-8-16(19,20)14(17)18/h3-6,14H,7-8H2,1-2H3,(H,24,25). The zero-order valence-electron chi connectivity index (χ0n) is 14.4. The van der Waals surface area contributed by atoms with Crippen LogP contribution in [0.25, 0.3) is 0 Å². The molecule has 0 aliphatic rings. The second kappa shape index (κ2) is 8.98. The maximum absolute atomic E-state index is 12.8. The highest BCUT2D eigenvalue weighted by Crippen LogP contribution is 2.24. The zero-order chi connectivity index (χ0) is 20.0. The molecule has 0 aliphatic carbocycles. The minimum Gasteiger partial charge on any atom is -0.471 e. The Kier molecular flexibility index (Phi) is 6.94. The number of rotatable bonds is 8. The normalized spacial score (nSPS) is 11.5. The first-order chi connectivity index (χ1) is 12.7. The molecular weight excluding hydrogens is 388 g/mol. The summed E-state index contributed by atoms with van der Waals surface area (Å²) in [6.07, 6.45) is -2.65. The van der Waals surface area contributed by atoms with Gasteiger partial charge in [0, 0.05) is 17.5 Å². The third kappa shape index (κ3) is 6.66. The Morgan fingerprint density at radius 1 is 1.26 bits per heavy atom. The van der Waals surface area contributed by atoms with Crippen LogP contribution in [-0.2, 0) is 4.79 Å².